The van der Waals surface area contributed by atoms with Crippen LogP contribution >= 0.6 is 0 Å². The van der Waals surface area contributed by atoms with Crippen molar-refractivity contribution in [1.82, 2.24) is 20.1 Å². The summed E-state index contributed by atoms with van der Waals surface area (Å²) in [6.07, 6.45) is 5.52. The maximum Gasteiger partial charge on any atom is 0.228 e. The van der Waals surface area contributed by atoms with E-state index in [4.69, 9.17) is 0 Å². The molecule has 1 aromatic carbocycles. The Kier molecular flexibility index (Phi) is 4.19. The average molecular weight is 335 g/mol. The summed E-state index contributed by atoms with van der Waals surface area (Å²) in [5, 5.41) is 11.5. The molecule has 1 saturated heterocycles. The number of carbonyl (C=O) groups is 1. The molecular formula is C19H21N5O. The van der Waals surface area contributed by atoms with Crippen LogP contribution in [0.5, 0.6) is 0 Å². The number of nitrogens with zero attached hydrogens (tertiary/aromatic N) is 3. The minimum Gasteiger partial charge on any atom is -0.326 e. The van der Waals surface area contributed by atoms with Gasteiger partial charge in [0, 0.05) is 35.6 Å². The number of aromatic nitrogens is 3. The fourth-order valence-corrected chi connectivity index (χ4v) is 3.45. The van der Waals surface area contributed by atoms with E-state index in [-0.39, 0.29) is 11.8 Å². The van der Waals surface area contributed by atoms with Crippen LogP contribution in [0.15, 0.2) is 42.7 Å². The summed E-state index contributed by atoms with van der Waals surface area (Å²) in [5.41, 5.74) is 3.62. The Morgan fingerprint density at radius 3 is 2.92 bits per heavy atom. The molecular weight excluding hydrogens is 314 g/mol. The zero-order chi connectivity index (χ0) is 17.2. The van der Waals surface area contributed by atoms with E-state index in [0.29, 0.717) is 0 Å². The van der Waals surface area contributed by atoms with Crippen molar-refractivity contribution in [1.29, 1.82) is 0 Å². The summed E-state index contributed by atoms with van der Waals surface area (Å²) >= 11 is 0. The third-order valence-electron chi connectivity index (χ3n) is 4.78. The van der Waals surface area contributed by atoms with Crippen molar-refractivity contribution in [3.8, 4) is 11.3 Å². The van der Waals surface area contributed by atoms with E-state index >= 15 is 0 Å². The monoisotopic (exact) mass is 335 g/mol. The zero-order valence-electron chi connectivity index (χ0n) is 14.2. The largest absolute Gasteiger partial charge is 0.326 e. The van der Waals surface area contributed by atoms with E-state index in [1.54, 1.807) is 12.4 Å². The molecule has 3 aromatic rings. The molecule has 0 saturated carbocycles. The van der Waals surface area contributed by atoms with Crippen LogP contribution in [-0.4, -0.2) is 46.1 Å². The van der Waals surface area contributed by atoms with E-state index in [1.807, 2.05) is 30.3 Å². The van der Waals surface area contributed by atoms with Gasteiger partial charge in [-0.25, -0.2) is 0 Å². The third-order valence-corrected chi connectivity index (χ3v) is 4.78. The second-order valence-corrected chi connectivity index (χ2v) is 6.66. The van der Waals surface area contributed by atoms with Crippen molar-refractivity contribution in [3.63, 3.8) is 0 Å². The Bertz CT molecular complexity index is 889. The summed E-state index contributed by atoms with van der Waals surface area (Å²) in [6.45, 7) is 1.89. The Hall–Kier alpha value is -2.73. The summed E-state index contributed by atoms with van der Waals surface area (Å²) in [6, 6.07) is 9.72. The Labute approximate surface area is 146 Å². The predicted octanol–water partition coefficient (Wildman–Crippen LogP) is 2.91. The van der Waals surface area contributed by atoms with Crippen LogP contribution < -0.4 is 5.32 Å². The molecule has 1 fully saturated rings. The predicted molar refractivity (Wildman–Crippen MR) is 98.2 cm³/mol. The van der Waals surface area contributed by atoms with Gasteiger partial charge in [-0.05, 0) is 56.8 Å². The van der Waals surface area contributed by atoms with Crippen LogP contribution in [0.2, 0.25) is 0 Å². The number of nitrogens with one attached hydrogen (secondary N) is 2. The smallest absolute Gasteiger partial charge is 0.228 e. The molecule has 0 spiro atoms. The molecule has 0 radical (unpaired) electrons. The first-order valence-electron chi connectivity index (χ1n) is 8.58. The molecule has 1 amide bonds. The van der Waals surface area contributed by atoms with Gasteiger partial charge in [0.1, 0.15) is 5.69 Å². The van der Waals surface area contributed by atoms with Crippen LogP contribution in [0.4, 0.5) is 5.69 Å². The maximum absolute atomic E-state index is 12.6. The Balaban J connectivity index is 1.59. The lowest BCUT2D eigenvalue weighted by Gasteiger charge is -2.28. The summed E-state index contributed by atoms with van der Waals surface area (Å²) < 4.78 is 0. The molecule has 6 nitrogen and oxygen atoms in total. The van der Waals surface area contributed by atoms with Gasteiger partial charge in [0.15, 0.2) is 0 Å². The number of benzene rings is 1. The highest BCUT2D eigenvalue weighted by Gasteiger charge is 2.24. The maximum atomic E-state index is 12.6. The fourth-order valence-electron chi connectivity index (χ4n) is 3.45. The standard InChI is InChI=1S/C19H21N5O/c1-24-10-2-3-14(12-24)19(25)21-15-4-5-17-16(11-15)18(23-22-17)13-6-8-20-9-7-13/h4-9,11,14H,2-3,10,12H2,1H3,(H,21,25)(H,22,23). The number of amides is 1. The van der Waals surface area contributed by atoms with Crippen molar-refractivity contribution in [2.24, 2.45) is 5.92 Å². The minimum atomic E-state index is 0.0541. The number of H-pyrrole nitrogens is 1. The van der Waals surface area contributed by atoms with Gasteiger partial charge in [0.05, 0.1) is 11.4 Å². The number of carbonyl (C=O) groups excluding carboxylic acids is 1. The molecule has 6 heteroatoms. The zero-order valence-corrected chi connectivity index (χ0v) is 14.2. The molecule has 1 aliphatic rings. The number of rotatable bonds is 3. The molecule has 4 rings (SSSR count). The van der Waals surface area contributed by atoms with Crippen LogP contribution in [0.3, 0.4) is 0 Å². The molecule has 1 aliphatic heterocycles. The van der Waals surface area contributed by atoms with Gasteiger partial charge >= 0.3 is 0 Å². The van der Waals surface area contributed by atoms with Crippen LogP contribution in [0.25, 0.3) is 22.2 Å². The van der Waals surface area contributed by atoms with Crippen LogP contribution in [0, 0.1) is 5.92 Å². The first-order chi connectivity index (χ1) is 12.2. The van der Waals surface area contributed by atoms with E-state index < -0.39 is 0 Å². The number of likely N-dealkylation sites (tertiary alicyclic amines) is 1. The highest BCUT2D eigenvalue weighted by Crippen LogP contribution is 2.28. The molecule has 0 aliphatic carbocycles. The molecule has 25 heavy (non-hydrogen) atoms. The SMILES string of the molecule is CN1CCCC(C(=O)Nc2ccc3[nH]nc(-c4ccncc4)c3c2)C1. The molecule has 0 bridgehead atoms. The van der Waals surface area contributed by atoms with Crippen molar-refractivity contribution in [2.45, 2.75) is 12.8 Å². The highest BCUT2D eigenvalue weighted by atomic mass is 16.1. The van der Waals surface area contributed by atoms with Gasteiger partial charge in [0.25, 0.3) is 0 Å². The highest BCUT2D eigenvalue weighted by molar-refractivity contribution is 5.99. The van der Waals surface area contributed by atoms with Crippen molar-refractivity contribution < 1.29 is 4.79 Å². The number of pyridine rings is 1. The lowest BCUT2D eigenvalue weighted by atomic mass is 9.97. The van der Waals surface area contributed by atoms with Crippen LogP contribution in [0.1, 0.15) is 12.8 Å². The third kappa shape index (κ3) is 3.25. The minimum absolute atomic E-state index is 0.0541. The summed E-state index contributed by atoms with van der Waals surface area (Å²) in [5.74, 6) is 0.151. The van der Waals surface area contributed by atoms with E-state index in [2.05, 4.69) is 32.4 Å². The molecule has 2 aromatic heterocycles. The second kappa shape index (κ2) is 6.64. The van der Waals surface area contributed by atoms with Gasteiger partial charge in [-0.3, -0.25) is 14.9 Å². The van der Waals surface area contributed by atoms with Gasteiger partial charge < -0.3 is 10.2 Å². The van der Waals surface area contributed by atoms with Gasteiger partial charge in [-0.2, -0.15) is 5.10 Å². The first-order valence-corrected chi connectivity index (χ1v) is 8.58. The number of anilines is 1. The number of fused-ring (bicyclic) bond motifs is 1. The van der Waals surface area contributed by atoms with E-state index in [1.165, 1.54) is 0 Å². The normalized spacial score (nSPS) is 18.4. The number of hydrogen-bond acceptors (Lipinski definition) is 4. The molecule has 1 unspecified atom stereocenters. The van der Waals surface area contributed by atoms with E-state index in [9.17, 15) is 4.79 Å². The second-order valence-electron chi connectivity index (χ2n) is 6.66. The quantitative estimate of drug-likeness (QED) is 0.772. The van der Waals surface area contributed by atoms with Gasteiger partial charge in [0.2, 0.25) is 5.91 Å². The molecule has 128 valence electrons. The van der Waals surface area contributed by atoms with Crippen molar-refractivity contribution in [3.05, 3.63) is 42.7 Å². The van der Waals surface area contributed by atoms with Crippen molar-refractivity contribution >= 4 is 22.5 Å². The molecule has 1 atom stereocenters. The van der Waals surface area contributed by atoms with Crippen molar-refractivity contribution in [2.75, 3.05) is 25.5 Å². The van der Waals surface area contributed by atoms with E-state index in [0.717, 1.165) is 53.8 Å². The Morgan fingerprint density at radius 2 is 2.12 bits per heavy atom. The fraction of sp³-hybridized carbons (Fsp3) is 0.316. The van der Waals surface area contributed by atoms with Gasteiger partial charge in [-0.1, -0.05) is 0 Å². The lowest BCUT2D eigenvalue weighted by Crippen LogP contribution is -2.38. The average Bonchev–Trinajstić information content (AvgIpc) is 3.05. The summed E-state index contributed by atoms with van der Waals surface area (Å²) in [4.78, 5) is 18.8. The number of hydrogen-bond donors (Lipinski definition) is 2. The number of aromatic amines is 1. The lowest BCUT2D eigenvalue weighted by molar-refractivity contribution is -0.121. The number of piperidine rings is 1. The molecule has 3 heterocycles. The summed E-state index contributed by atoms with van der Waals surface area (Å²) in [7, 11) is 2.07. The molecule has 2 N–H and O–H groups in total. The first kappa shape index (κ1) is 15.8. The van der Waals surface area contributed by atoms with Crippen LogP contribution in [-0.2, 0) is 4.79 Å². The Morgan fingerprint density at radius 1 is 1.28 bits per heavy atom. The van der Waals surface area contributed by atoms with Gasteiger partial charge in [-0.15, -0.1) is 0 Å². The topological polar surface area (TPSA) is 73.9 Å².